The van der Waals surface area contributed by atoms with Gasteiger partial charge in [0, 0.05) is 18.1 Å². The van der Waals surface area contributed by atoms with Gasteiger partial charge in [-0.15, -0.1) is 0 Å². The number of nitrogens with zero attached hydrogens (tertiary/aromatic N) is 3. The number of aryl methyl sites for hydroxylation is 1. The highest BCUT2D eigenvalue weighted by Gasteiger charge is 2.48. The van der Waals surface area contributed by atoms with Crippen LogP contribution in [0.4, 0.5) is 10.5 Å². The number of nitrogens with one attached hydrogen (secondary N) is 3. The van der Waals surface area contributed by atoms with E-state index in [2.05, 4.69) is 16.2 Å². The number of ether oxygens (including phenoxy) is 1. The molecule has 0 saturated carbocycles. The van der Waals surface area contributed by atoms with E-state index in [0.717, 1.165) is 23.3 Å². The largest absolute Gasteiger partial charge is 0.497 e. The lowest BCUT2D eigenvalue weighted by molar-refractivity contribution is -0.117. The first kappa shape index (κ1) is 20.3. The molecule has 3 N–H and O–H groups in total. The van der Waals surface area contributed by atoms with Crippen molar-refractivity contribution in [3.63, 3.8) is 0 Å². The second-order valence-electron chi connectivity index (χ2n) is 8.23. The van der Waals surface area contributed by atoms with Gasteiger partial charge in [-0.2, -0.15) is 0 Å². The highest BCUT2D eigenvalue weighted by Crippen LogP contribution is 2.35. The Morgan fingerprint density at radius 2 is 1.84 bits per heavy atom. The van der Waals surface area contributed by atoms with E-state index < -0.39 is 0 Å². The minimum Gasteiger partial charge on any atom is -0.497 e. The Morgan fingerprint density at radius 1 is 1.09 bits per heavy atom. The van der Waals surface area contributed by atoms with Crippen molar-refractivity contribution in [1.82, 2.24) is 25.8 Å². The molecule has 0 spiro atoms. The molecule has 0 radical (unpaired) electrons. The van der Waals surface area contributed by atoms with Crippen molar-refractivity contribution in [2.75, 3.05) is 19.0 Å². The Bertz CT molecular complexity index is 1040. The molecule has 3 aliphatic heterocycles. The molecule has 3 amide bonds. The molecule has 3 atom stereocenters. The lowest BCUT2D eigenvalue weighted by atomic mass is 10.00. The van der Waals surface area contributed by atoms with Gasteiger partial charge in [-0.25, -0.2) is 20.7 Å². The summed E-state index contributed by atoms with van der Waals surface area (Å²) in [5, 5.41) is 6.25. The molecule has 32 heavy (non-hydrogen) atoms. The molecule has 2 fully saturated rings. The van der Waals surface area contributed by atoms with E-state index in [1.165, 1.54) is 5.01 Å². The molecule has 0 aromatic heterocycles. The number of hydrogen-bond donors (Lipinski definition) is 3. The standard InChI is InChI=1S/C23H26N6O3/c1-15-3-7-17(8-4-15)24-21(30)14-29-23(31)27-11-12-28-20(22(27)26-29)13-19(25-28)16-5-9-18(32-2)10-6-16/h3-12,19-20,22,25-26H,13-14H2,1-2H3,(H,24,30). The predicted octanol–water partition coefficient (Wildman–Crippen LogP) is 2.32. The average Bonchev–Trinajstić information content (AvgIpc) is 3.37. The van der Waals surface area contributed by atoms with E-state index >= 15 is 0 Å². The summed E-state index contributed by atoms with van der Waals surface area (Å²) in [5.74, 6) is 0.564. The van der Waals surface area contributed by atoms with Crippen molar-refractivity contribution < 1.29 is 14.3 Å². The maximum absolute atomic E-state index is 12.9. The van der Waals surface area contributed by atoms with E-state index in [9.17, 15) is 9.59 Å². The van der Waals surface area contributed by atoms with E-state index in [1.807, 2.05) is 66.7 Å². The molecule has 2 saturated heterocycles. The summed E-state index contributed by atoms with van der Waals surface area (Å²) in [5.41, 5.74) is 9.70. The Balaban J connectivity index is 1.24. The molecule has 3 unspecified atom stereocenters. The van der Waals surface area contributed by atoms with Crippen molar-refractivity contribution in [3.05, 3.63) is 72.1 Å². The highest BCUT2D eigenvalue weighted by atomic mass is 16.5. The Labute approximate surface area is 186 Å². The van der Waals surface area contributed by atoms with Gasteiger partial charge in [0.15, 0.2) is 0 Å². The molecule has 166 valence electrons. The topological polar surface area (TPSA) is 89.2 Å². The summed E-state index contributed by atoms with van der Waals surface area (Å²) in [6, 6.07) is 15.5. The Kier molecular flexibility index (Phi) is 5.20. The fourth-order valence-corrected chi connectivity index (χ4v) is 4.37. The molecule has 9 heteroatoms. The first-order valence-electron chi connectivity index (χ1n) is 10.6. The van der Waals surface area contributed by atoms with Crippen LogP contribution in [-0.2, 0) is 4.79 Å². The van der Waals surface area contributed by atoms with Gasteiger partial charge in [0.1, 0.15) is 18.5 Å². The fourth-order valence-electron chi connectivity index (χ4n) is 4.37. The maximum Gasteiger partial charge on any atom is 0.340 e. The molecule has 0 bridgehead atoms. The summed E-state index contributed by atoms with van der Waals surface area (Å²) in [6.07, 6.45) is 4.18. The smallest absolute Gasteiger partial charge is 0.340 e. The second kappa shape index (κ2) is 8.18. The summed E-state index contributed by atoms with van der Waals surface area (Å²) in [4.78, 5) is 27.0. The molecular weight excluding hydrogens is 408 g/mol. The van der Waals surface area contributed by atoms with Crippen LogP contribution in [0, 0.1) is 6.92 Å². The van der Waals surface area contributed by atoms with Crippen LogP contribution in [-0.4, -0.2) is 52.7 Å². The van der Waals surface area contributed by atoms with E-state index in [4.69, 9.17) is 4.74 Å². The van der Waals surface area contributed by atoms with Gasteiger partial charge in [-0.05, 0) is 43.2 Å². The number of methoxy groups -OCH3 is 1. The van der Waals surface area contributed by atoms with E-state index in [1.54, 1.807) is 18.2 Å². The number of rotatable bonds is 5. The first-order chi connectivity index (χ1) is 15.5. The molecule has 9 nitrogen and oxygen atoms in total. The zero-order chi connectivity index (χ0) is 22.2. The number of urea groups is 1. The Morgan fingerprint density at radius 3 is 2.56 bits per heavy atom. The second-order valence-corrected chi connectivity index (χ2v) is 8.23. The monoisotopic (exact) mass is 434 g/mol. The van der Waals surface area contributed by atoms with Crippen LogP contribution < -0.4 is 20.9 Å². The fraction of sp³-hybridized carbons (Fsp3) is 0.304. The molecule has 0 aliphatic carbocycles. The normalized spacial score (nSPS) is 23.9. The Hall–Kier alpha value is -3.56. The quantitative estimate of drug-likeness (QED) is 0.669. The third-order valence-corrected chi connectivity index (χ3v) is 6.09. The number of carbonyl (C=O) groups is 2. The van der Waals surface area contributed by atoms with Crippen molar-refractivity contribution in [2.24, 2.45) is 0 Å². The number of carbonyl (C=O) groups excluding carboxylic acids is 2. The zero-order valence-corrected chi connectivity index (χ0v) is 18.0. The van der Waals surface area contributed by atoms with Crippen molar-refractivity contribution in [3.8, 4) is 5.75 Å². The third-order valence-electron chi connectivity index (χ3n) is 6.09. The van der Waals surface area contributed by atoms with Crippen LogP contribution in [0.15, 0.2) is 60.9 Å². The van der Waals surface area contributed by atoms with E-state index in [0.29, 0.717) is 5.69 Å². The summed E-state index contributed by atoms with van der Waals surface area (Å²) in [7, 11) is 1.65. The number of benzene rings is 2. The van der Waals surface area contributed by atoms with Crippen LogP contribution in [0.5, 0.6) is 5.75 Å². The van der Waals surface area contributed by atoms with Gasteiger partial charge in [0.2, 0.25) is 5.91 Å². The highest BCUT2D eigenvalue weighted by molar-refractivity contribution is 5.94. The number of hydrazine groups is 2. The summed E-state index contributed by atoms with van der Waals surface area (Å²) >= 11 is 0. The van der Waals surface area contributed by atoms with Crippen molar-refractivity contribution in [1.29, 1.82) is 0 Å². The minimum absolute atomic E-state index is 0.0289. The number of anilines is 1. The van der Waals surface area contributed by atoms with Crippen LogP contribution in [0.3, 0.4) is 0 Å². The lowest BCUT2D eigenvalue weighted by Crippen LogP contribution is -2.54. The third kappa shape index (κ3) is 3.76. The summed E-state index contributed by atoms with van der Waals surface area (Å²) in [6.45, 7) is 1.91. The predicted molar refractivity (Wildman–Crippen MR) is 119 cm³/mol. The van der Waals surface area contributed by atoms with Gasteiger partial charge >= 0.3 is 6.03 Å². The minimum atomic E-state index is -0.254. The van der Waals surface area contributed by atoms with E-state index in [-0.39, 0.29) is 36.7 Å². The van der Waals surface area contributed by atoms with Crippen molar-refractivity contribution in [2.45, 2.75) is 31.6 Å². The molecule has 2 aromatic carbocycles. The SMILES string of the molecule is COc1ccc(C2CC3C4NN(CC(=O)Nc5ccc(C)cc5)C(=O)N4C=CN3N2)cc1. The van der Waals surface area contributed by atoms with Gasteiger partial charge in [0.25, 0.3) is 0 Å². The first-order valence-corrected chi connectivity index (χ1v) is 10.6. The molecule has 3 aliphatic rings. The van der Waals surface area contributed by atoms with Gasteiger partial charge in [-0.3, -0.25) is 9.69 Å². The molecular formula is C23H26N6O3. The van der Waals surface area contributed by atoms with Gasteiger partial charge in [0.05, 0.1) is 19.2 Å². The van der Waals surface area contributed by atoms with Crippen LogP contribution in [0.25, 0.3) is 0 Å². The van der Waals surface area contributed by atoms with Crippen molar-refractivity contribution >= 4 is 17.6 Å². The number of fused-ring (bicyclic) bond motifs is 3. The maximum atomic E-state index is 12.9. The molecule has 5 rings (SSSR count). The number of amides is 3. The van der Waals surface area contributed by atoms with Crippen LogP contribution in [0.1, 0.15) is 23.6 Å². The molecule has 2 aromatic rings. The summed E-state index contributed by atoms with van der Waals surface area (Å²) < 4.78 is 5.25. The van der Waals surface area contributed by atoms with Crippen LogP contribution in [0.2, 0.25) is 0 Å². The van der Waals surface area contributed by atoms with Gasteiger partial charge in [-0.1, -0.05) is 29.8 Å². The zero-order valence-electron chi connectivity index (χ0n) is 18.0. The van der Waals surface area contributed by atoms with Crippen LogP contribution >= 0.6 is 0 Å². The lowest BCUT2D eigenvalue weighted by Gasteiger charge is -2.34. The average molecular weight is 435 g/mol. The molecule has 3 heterocycles. The van der Waals surface area contributed by atoms with Gasteiger partial charge < -0.3 is 15.1 Å². The number of hydrogen-bond acceptors (Lipinski definition) is 6.